The summed E-state index contributed by atoms with van der Waals surface area (Å²) >= 11 is 2.56. The van der Waals surface area contributed by atoms with Gasteiger partial charge in [-0.05, 0) is 62.4 Å². The van der Waals surface area contributed by atoms with Crippen LogP contribution in [0.25, 0.3) is 9.15 Å². The van der Waals surface area contributed by atoms with E-state index in [2.05, 4.69) is 138 Å². The van der Waals surface area contributed by atoms with Gasteiger partial charge < -0.3 is 0 Å². The Labute approximate surface area is 186 Å². The van der Waals surface area contributed by atoms with Crippen LogP contribution >= 0.6 is 22.6 Å². The molecule has 1 atom stereocenters. The Hall–Kier alpha value is -2.65. The minimum Gasteiger partial charge on any atom is -0.0622 e. The summed E-state index contributed by atoms with van der Waals surface area (Å²) in [6.45, 7) is 0. The molecular formula is C28H21I. The van der Waals surface area contributed by atoms with Gasteiger partial charge in [0, 0.05) is 3.58 Å². The highest BCUT2D eigenvalue weighted by molar-refractivity contribution is 14.1. The molecule has 0 aliphatic heterocycles. The predicted octanol–water partition coefficient (Wildman–Crippen LogP) is 7.53. The third-order valence-electron chi connectivity index (χ3n) is 5.91. The average molecular weight is 484 g/mol. The van der Waals surface area contributed by atoms with E-state index >= 15 is 0 Å². The molecule has 1 aliphatic carbocycles. The van der Waals surface area contributed by atoms with Gasteiger partial charge in [0.1, 0.15) is 0 Å². The van der Waals surface area contributed by atoms with Crippen molar-refractivity contribution in [1.82, 2.24) is 0 Å². The first-order valence-corrected chi connectivity index (χ1v) is 11.0. The lowest BCUT2D eigenvalue weighted by Gasteiger charge is -2.35. The average Bonchev–Trinajstić information content (AvgIpc) is 3.05. The third kappa shape index (κ3) is 3.05. The summed E-state index contributed by atoms with van der Waals surface area (Å²) < 4.78 is 1.35. The molecule has 1 unspecified atom stereocenters. The first kappa shape index (κ1) is 18.4. The van der Waals surface area contributed by atoms with E-state index < -0.39 is 0 Å². The van der Waals surface area contributed by atoms with Gasteiger partial charge >= 0.3 is 0 Å². The van der Waals surface area contributed by atoms with Crippen LogP contribution in [0.1, 0.15) is 27.8 Å². The first-order valence-electron chi connectivity index (χ1n) is 9.96. The van der Waals surface area contributed by atoms with Crippen molar-refractivity contribution >= 4 is 31.7 Å². The SMILES string of the molecule is IC1=C(c2ccccc2)C(Cc2ccccc2)(c2ccccc2)c2ccccc21. The summed E-state index contributed by atoms with van der Waals surface area (Å²) in [6.07, 6.45) is 0.936. The van der Waals surface area contributed by atoms with Gasteiger partial charge in [0.05, 0.1) is 5.41 Å². The van der Waals surface area contributed by atoms with E-state index in [0.717, 1.165) is 6.42 Å². The number of allylic oxidation sites excluding steroid dienone is 1. The summed E-state index contributed by atoms with van der Waals surface area (Å²) in [6, 6.07) is 41.7. The highest BCUT2D eigenvalue weighted by Gasteiger charge is 2.46. The fourth-order valence-corrected chi connectivity index (χ4v) is 5.93. The molecule has 0 amide bonds. The third-order valence-corrected chi connectivity index (χ3v) is 7.03. The van der Waals surface area contributed by atoms with Crippen molar-refractivity contribution in [3.8, 4) is 0 Å². The minimum absolute atomic E-state index is 0.211. The molecule has 0 saturated heterocycles. The van der Waals surface area contributed by atoms with Crippen LogP contribution in [0.3, 0.4) is 0 Å². The van der Waals surface area contributed by atoms with Crippen molar-refractivity contribution in [3.63, 3.8) is 0 Å². The topological polar surface area (TPSA) is 0 Å². The maximum atomic E-state index is 2.56. The van der Waals surface area contributed by atoms with Gasteiger partial charge in [-0.1, -0.05) is 115 Å². The minimum atomic E-state index is -0.211. The molecule has 0 heterocycles. The summed E-state index contributed by atoms with van der Waals surface area (Å²) in [5.41, 5.74) is 7.96. The van der Waals surface area contributed by atoms with Gasteiger partial charge in [-0.3, -0.25) is 0 Å². The van der Waals surface area contributed by atoms with Crippen LogP contribution < -0.4 is 0 Å². The van der Waals surface area contributed by atoms with Crippen LogP contribution in [0.5, 0.6) is 0 Å². The summed E-state index contributed by atoms with van der Waals surface area (Å²) in [5, 5.41) is 0. The predicted molar refractivity (Wildman–Crippen MR) is 131 cm³/mol. The zero-order valence-corrected chi connectivity index (χ0v) is 18.2. The molecule has 4 aromatic carbocycles. The number of benzene rings is 4. The highest BCUT2D eigenvalue weighted by atomic mass is 127. The Kier molecular flexibility index (Phi) is 4.84. The molecule has 0 saturated carbocycles. The normalized spacial score (nSPS) is 18.0. The molecule has 4 aromatic rings. The van der Waals surface area contributed by atoms with Crippen LogP contribution in [0, 0.1) is 0 Å². The second-order valence-electron chi connectivity index (χ2n) is 7.53. The fourth-order valence-electron chi connectivity index (χ4n) is 4.69. The van der Waals surface area contributed by atoms with E-state index in [1.54, 1.807) is 0 Å². The quantitative estimate of drug-likeness (QED) is 0.263. The Morgan fingerprint density at radius 2 is 1.14 bits per heavy atom. The van der Waals surface area contributed by atoms with Crippen molar-refractivity contribution < 1.29 is 0 Å². The van der Waals surface area contributed by atoms with Crippen molar-refractivity contribution in [2.75, 3.05) is 0 Å². The molecule has 0 bridgehead atoms. The van der Waals surface area contributed by atoms with Crippen LogP contribution in [0.15, 0.2) is 115 Å². The van der Waals surface area contributed by atoms with E-state index in [1.807, 2.05) is 0 Å². The molecule has 0 spiro atoms. The molecule has 1 aliphatic rings. The van der Waals surface area contributed by atoms with Gasteiger partial charge in [-0.15, -0.1) is 0 Å². The van der Waals surface area contributed by atoms with E-state index in [0.29, 0.717) is 0 Å². The van der Waals surface area contributed by atoms with Crippen molar-refractivity contribution in [2.24, 2.45) is 0 Å². The van der Waals surface area contributed by atoms with E-state index in [4.69, 9.17) is 0 Å². The van der Waals surface area contributed by atoms with Gasteiger partial charge in [-0.2, -0.15) is 0 Å². The van der Waals surface area contributed by atoms with Gasteiger partial charge in [0.2, 0.25) is 0 Å². The summed E-state index contributed by atoms with van der Waals surface area (Å²) in [4.78, 5) is 0. The van der Waals surface area contributed by atoms with Crippen LogP contribution in [0.2, 0.25) is 0 Å². The Morgan fingerprint density at radius 3 is 1.83 bits per heavy atom. The molecule has 0 fully saturated rings. The molecular weight excluding hydrogens is 463 g/mol. The molecule has 0 aromatic heterocycles. The van der Waals surface area contributed by atoms with E-state index in [9.17, 15) is 0 Å². The van der Waals surface area contributed by atoms with E-state index in [-0.39, 0.29) is 5.41 Å². The molecule has 1 heteroatoms. The smallest absolute Gasteiger partial charge is 0.0514 e. The van der Waals surface area contributed by atoms with Gasteiger partial charge in [0.15, 0.2) is 0 Å². The monoisotopic (exact) mass is 484 g/mol. The maximum Gasteiger partial charge on any atom is 0.0514 e. The van der Waals surface area contributed by atoms with Gasteiger partial charge in [0.25, 0.3) is 0 Å². The first-order chi connectivity index (χ1) is 14.3. The number of fused-ring (bicyclic) bond motifs is 1. The zero-order chi connectivity index (χ0) is 19.7. The Balaban J connectivity index is 1.86. The number of rotatable bonds is 4. The number of halogens is 1. The maximum absolute atomic E-state index is 2.56. The Bertz CT molecular complexity index is 1160. The lowest BCUT2D eigenvalue weighted by molar-refractivity contribution is 0.667. The van der Waals surface area contributed by atoms with Crippen LogP contribution in [0.4, 0.5) is 0 Å². The lowest BCUT2D eigenvalue weighted by Crippen LogP contribution is -2.30. The molecule has 0 N–H and O–H groups in total. The van der Waals surface area contributed by atoms with Gasteiger partial charge in [-0.25, -0.2) is 0 Å². The van der Waals surface area contributed by atoms with Crippen molar-refractivity contribution in [3.05, 3.63) is 143 Å². The van der Waals surface area contributed by atoms with Crippen LogP contribution in [-0.2, 0) is 11.8 Å². The number of hydrogen-bond donors (Lipinski definition) is 0. The fraction of sp³-hybridized carbons (Fsp3) is 0.0714. The number of hydrogen-bond acceptors (Lipinski definition) is 0. The largest absolute Gasteiger partial charge is 0.0622 e. The Morgan fingerprint density at radius 1 is 0.586 bits per heavy atom. The second-order valence-corrected chi connectivity index (χ2v) is 8.61. The molecule has 140 valence electrons. The standard InChI is InChI=1S/C28H21I/c29-27-24-18-10-11-19-25(24)28(23-16-8-3-9-17-23,20-21-12-4-1-5-13-21)26(27)22-14-6-2-7-15-22/h1-19H,20H2. The molecule has 29 heavy (non-hydrogen) atoms. The molecule has 0 nitrogen and oxygen atoms in total. The van der Waals surface area contributed by atoms with E-state index in [1.165, 1.54) is 37.0 Å². The summed E-state index contributed by atoms with van der Waals surface area (Å²) in [7, 11) is 0. The highest BCUT2D eigenvalue weighted by Crippen LogP contribution is 2.57. The molecule has 5 rings (SSSR count). The van der Waals surface area contributed by atoms with Crippen molar-refractivity contribution in [2.45, 2.75) is 11.8 Å². The van der Waals surface area contributed by atoms with Crippen molar-refractivity contribution in [1.29, 1.82) is 0 Å². The summed E-state index contributed by atoms with van der Waals surface area (Å²) in [5.74, 6) is 0. The lowest BCUT2D eigenvalue weighted by atomic mass is 9.66. The molecule has 0 radical (unpaired) electrons. The second kappa shape index (κ2) is 7.64. The van der Waals surface area contributed by atoms with Crippen LogP contribution in [-0.4, -0.2) is 0 Å². The zero-order valence-electron chi connectivity index (χ0n) is 16.1.